The highest BCUT2D eigenvalue weighted by Crippen LogP contribution is 2.25. The van der Waals surface area contributed by atoms with Crippen LogP contribution in [0.4, 0.5) is 16.2 Å². The fourth-order valence-corrected chi connectivity index (χ4v) is 2.50. The van der Waals surface area contributed by atoms with Crippen LogP contribution >= 0.6 is 11.6 Å². The van der Waals surface area contributed by atoms with Crippen LogP contribution in [0.5, 0.6) is 0 Å². The Morgan fingerprint density at radius 3 is 2.87 bits per heavy atom. The summed E-state index contributed by atoms with van der Waals surface area (Å²) in [4.78, 5) is 23.3. The maximum absolute atomic E-state index is 11.9. The van der Waals surface area contributed by atoms with Gasteiger partial charge in [-0.2, -0.15) is 0 Å². The van der Waals surface area contributed by atoms with Gasteiger partial charge in [0, 0.05) is 25.3 Å². The lowest BCUT2D eigenvalue weighted by Crippen LogP contribution is -2.31. The summed E-state index contributed by atoms with van der Waals surface area (Å²) in [5, 5.41) is 8.61. The molecule has 1 fully saturated rings. The van der Waals surface area contributed by atoms with Crippen LogP contribution in [-0.4, -0.2) is 31.2 Å². The zero-order valence-corrected chi connectivity index (χ0v) is 13.9. The lowest BCUT2D eigenvalue weighted by molar-refractivity contribution is -0.115. The lowest BCUT2D eigenvalue weighted by Gasteiger charge is -2.13. The molecule has 1 saturated heterocycles. The Labute approximate surface area is 140 Å². The topological polar surface area (TPSA) is 79.5 Å². The van der Waals surface area contributed by atoms with E-state index in [1.54, 1.807) is 25.1 Å². The van der Waals surface area contributed by atoms with Gasteiger partial charge in [-0.15, -0.1) is 0 Å². The Kier molecular flexibility index (Phi) is 6.67. The van der Waals surface area contributed by atoms with E-state index in [0.717, 1.165) is 25.9 Å². The minimum Gasteiger partial charge on any atom is -0.378 e. The molecule has 23 heavy (non-hydrogen) atoms. The third kappa shape index (κ3) is 5.73. The second kappa shape index (κ2) is 8.74. The number of anilines is 2. The van der Waals surface area contributed by atoms with Gasteiger partial charge in [0.15, 0.2) is 0 Å². The van der Waals surface area contributed by atoms with Gasteiger partial charge in [-0.3, -0.25) is 4.79 Å². The number of rotatable bonds is 6. The lowest BCUT2D eigenvalue weighted by atomic mass is 10.2. The van der Waals surface area contributed by atoms with Crippen molar-refractivity contribution in [2.75, 3.05) is 23.8 Å². The number of nitrogens with one attached hydrogen (secondary N) is 3. The van der Waals surface area contributed by atoms with Gasteiger partial charge in [0.05, 0.1) is 16.8 Å². The molecular weight excluding hydrogens is 318 g/mol. The highest BCUT2D eigenvalue weighted by atomic mass is 35.5. The van der Waals surface area contributed by atoms with Crippen LogP contribution < -0.4 is 16.0 Å². The minimum absolute atomic E-state index is 0.0979. The Bertz CT molecular complexity index is 560. The summed E-state index contributed by atoms with van der Waals surface area (Å²) in [7, 11) is 0. The monoisotopic (exact) mass is 339 g/mol. The number of hydrogen-bond acceptors (Lipinski definition) is 3. The van der Waals surface area contributed by atoms with Crippen molar-refractivity contribution in [2.24, 2.45) is 0 Å². The fourth-order valence-electron chi connectivity index (χ4n) is 2.33. The van der Waals surface area contributed by atoms with E-state index < -0.39 is 0 Å². The van der Waals surface area contributed by atoms with Crippen molar-refractivity contribution in [3.05, 3.63) is 23.2 Å². The van der Waals surface area contributed by atoms with Gasteiger partial charge in [0.25, 0.3) is 0 Å². The molecule has 1 aliphatic rings. The summed E-state index contributed by atoms with van der Waals surface area (Å²) >= 11 is 6.07. The number of carbonyl (C=O) groups excluding carboxylic acids is 2. The van der Waals surface area contributed by atoms with Crippen molar-refractivity contribution in [3.63, 3.8) is 0 Å². The largest absolute Gasteiger partial charge is 0.378 e. The van der Waals surface area contributed by atoms with Crippen LogP contribution in [0.15, 0.2) is 18.2 Å². The van der Waals surface area contributed by atoms with E-state index in [9.17, 15) is 9.59 Å². The summed E-state index contributed by atoms with van der Waals surface area (Å²) in [5.41, 5.74) is 1.05. The number of halogens is 1. The van der Waals surface area contributed by atoms with E-state index in [2.05, 4.69) is 16.0 Å². The van der Waals surface area contributed by atoms with Crippen molar-refractivity contribution in [3.8, 4) is 0 Å². The molecule has 1 aromatic carbocycles. The van der Waals surface area contributed by atoms with Gasteiger partial charge in [-0.25, -0.2) is 4.79 Å². The second-order valence-electron chi connectivity index (χ2n) is 5.40. The SMILES string of the molecule is CCC(=O)Nc1ccc(Cl)c(NC(=O)NCC[C@@H]2CCCO2)c1. The smallest absolute Gasteiger partial charge is 0.319 e. The third-order valence-electron chi connectivity index (χ3n) is 3.60. The second-order valence-corrected chi connectivity index (χ2v) is 5.81. The number of hydrogen-bond donors (Lipinski definition) is 3. The molecule has 126 valence electrons. The van der Waals surface area contributed by atoms with Crippen molar-refractivity contribution < 1.29 is 14.3 Å². The Morgan fingerprint density at radius 1 is 1.35 bits per heavy atom. The van der Waals surface area contributed by atoms with Crippen LogP contribution in [-0.2, 0) is 9.53 Å². The first-order valence-corrected chi connectivity index (χ1v) is 8.22. The van der Waals surface area contributed by atoms with Gasteiger partial charge < -0.3 is 20.7 Å². The molecule has 1 aliphatic heterocycles. The predicted octanol–water partition coefficient (Wildman–Crippen LogP) is 3.38. The number of urea groups is 1. The molecule has 3 N–H and O–H groups in total. The molecule has 0 bridgehead atoms. The number of amides is 3. The Balaban J connectivity index is 1.83. The molecule has 1 aromatic rings. The van der Waals surface area contributed by atoms with Gasteiger partial charge in [0.1, 0.15) is 0 Å². The summed E-state index contributed by atoms with van der Waals surface area (Å²) in [6.45, 7) is 3.12. The molecule has 0 saturated carbocycles. The predicted molar refractivity (Wildman–Crippen MR) is 91.0 cm³/mol. The summed E-state index contributed by atoms with van der Waals surface area (Å²) in [6.07, 6.45) is 3.56. The molecule has 0 spiro atoms. The molecule has 1 atom stereocenters. The molecule has 3 amide bonds. The van der Waals surface area contributed by atoms with Gasteiger partial charge >= 0.3 is 6.03 Å². The molecule has 0 aromatic heterocycles. The highest BCUT2D eigenvalue weighted by molar-refractivity contribution is 6.33. The normalized spacial score (nSPS) is 16.9. The van der Waals surface area contributed by atoms with Crippen LogP contribution in [0.1, 0.15) is 32.6 Å². The first-order valence-electron chi connectivity index (χ1n) is 7.84. The quantitative estimate of drug-likeness (QED) is 0.743. The first-order chi connectivity index (χ1) is 11.1. The molecule has 0 aliphatic carbocycles. The third-order valence-corrected chi connectivity index (χ3v) is 3.92. The van der Waals surface area contributed by atoms with E-state index in [1.165, 1.54) is 0 Å². The van der Waals surface area contributed by atoms with E-state index >= 15 is 0 Å². The number of ether oxygens (including phenoxy) is 1. The van der Waals surface area contributed by atoms with Crippen molar-refractivity contribution in [1.29, 1.82) is 0 Å². The molecule has 2 rings (SSSR count). The van der Waals surface area contributed by atoms with E-state index in [-0.39, 0.29) is 18.0 Å². The van der Waals surface area contributed by atoms with E-state index in [4.69, 9.17) is 16.3 Å². The van der Waals surface area contributed by atoms with E-state index in [0.29, 0.717) is 29.4 Å². The fraction of sp³-hybridized carbons (Fsp3) is 0.500. The molecule has 7 heteroatoms. The molecule has 6 nitrogen and oxygen atoms in total. The minimum atomic E-state index is -0.330. The van der Waals surface area contributed by atoms with Crippen molar-refractivity contribution in [2.45, 2.75) is 38.7 Å². The molecule has 0 radical (unpaired) electrons. The summed E-state index contributed by atoms with van der Waals surface area (Å²) in [5.74, 6) is -0.0979. The number of benzene rings is 1. The zero-order valence-electron chi connectivity index (χ0n) is 13.2. The summed E-state index contributed by atoms with van der Waals surface area (Å²) in [6, 6.07) is 4.63. The van der Waals surface area contributed by atoms with Crippen LogP contribution in [0.3, 0.4) is 0 Å². The maximum Gasteiger partial charge on any atom is 0.319 e. The van der Waals surface area contributed by atoms with Crippen LogP contribution in [0.25, 0.3) is 0 Å². The van der Waals surface area contributed by atoms with Crippen molar-refractivity contribution in [1.82, 2.24) is 5.32 Å². The zero-order chi connectivity index (χ0) is 16.7. The van der Waals surface area contributed by atoms with Gasteiger partial charge in [0.2, 0.25) is 5.91 Å². The summed E-state index contributed by atoms with van der Waals surface area (Å²) < 4.78 is 5.50. The Hall–Kier alpha value is -1.79. The molecule has 0 unspecified atom stereocenters. The number of carbonyl (C=O) groups is 2. The average Bonchev–Trinajstić information content (AvgIpc) is 3.04. The standard InChI is InChI=1S/C16H22ClN3O3/c1-2-15(21)19-11-5-6-13(17)14(10-11)20-16(22)18-8-7-12-4-3-9-23-12/h5-6,10,12H,2-4,7-9H2,1H3,(H,19,21)(H2,18,20,22)/t12-/m0/s1. The molecule has 1 heterocycles. The Morgan fingerprint density at radius 2 is 2.17 bits per heavy atom. The van der Waals surface area contributed by atoms with Crippen molar-refractivity contribution >= 4 is 34.9 Å². The van der Waals surface area contributed by atoms with E-state index in [1.807, 2.05) is 0 Å². The molecular formula is C16H22ClN3O3. The maximum atomic E-state index is 11.9. The van der Waals surface area contributed by atoms with Crippen LogP contribution in [0.2, 0.25) is 5.02 Å². The highest BCUT2D eigenvalue weighted by Gasteiger charge is 2.15. The van der Waals surface area contributed by atoms with Gasteiger partial charge in [-0.1, -0.05) is 18.5 Å². The van der Waals surface area contributed by atoms with Gasteiger partial charge in [-0.05, 0) is 37.5 Å². The average molecular weight is 340 g/mol. The first kappa shape index (κ1) is 17.6. The van der Waals surface area contributed by atoms with Crippen LogP contribution in [0, 0.1) is 0 Å².